The van der Waals surface area contributed by atoms with Gasteiger partial charge in [-0.05, 0) is 62.5 Å². The number of hydrogen-bond donors (Lipinski definition) is 0. The Balaban J connectivity index is 1.31. The highest BCUT2D eigenvalue weighted by atomic mass is 16.6. The number of likely N-dealkylation sites (tertiary alicyclic amines) is 1. The molecule has 2 aliphatic rings. The first-order valence-corrected chi connectivity index (χ1v) is 9.02. The topological polar surface area (TPSA) is 40.2 Å². The van der Waals surface area contributed by atoms with Gasteiger partial charge in [0.05, 0.1) is 39.6 Å². The van der Waals surface area contributed by atoms with Crippen LogP contribution >= 0.6 is 0 Å². The Hall–Kier alpha value is -1.30. The zero-order valence-electron chi connectivity index (χ0n) is 14.6. The summed E-state index contributed by atoms with van der Waals surface area (Å²) in [6.07, 6.45) is 3.78. The molecule has 0 aliphatic carbocycles. The molecule has 0 amide bonds. The van der Waals surface area contributed by atoms with Crippen LogP contribution in [0.3, 0.4) is 0 Å². The van der Waals surface area contributed by atoms with Crippen molar-refractivity contribution in [1.29, 1.82) is 0 Å². The predicted molar refractivity (Wildman–Crippen MR) is 92.8 cm³/mol. The highest BCUT2D eigenvalue weighted by Crippen LogP contribution is 2.22. The van der Waals surface area contributed by atoms with Crippen molar-refractivity contribution < 1.29 is 18.9 Å². The monoisotopic (exact) mass is 335 g/mol. The van der Waals surface area contributed by atoms with E-state index in [2.05, 4.69) is 4.90 Å². The number of ether oxygens (including phenoxy) is 4. The number of piperidine rings is 1. The Morgan fingerprint density at radius 1 is 1.08 bits per heavy atom. The SMILES string of the molecule is COc1ccc(OCC2CCN(CCC3COCCO3)CC2)cc1. The molecule has 1 aromatic carbocycles. The second-order valence-corrected chi connectivity index (χ2v) is 6.63. The quantitative estimate of drug-likeness (QED) is 0.766. The molecule has 3 rings (SSSR count). The summed E-state index contributed by atoms with van der Waals surface area (Å²) in [5.41, 5.74) is 0. The van der Waals surface area contributed by atoms with Gasteiger partial charge >= 0.3 is 0 Å². The molecule has 0 radical (unpaired) electrons. The fourth-order valence-electron chi connectivity index (χ4n) is 3.29. The smallest absolute Gasteiger partial charge is 0.119 e. The van der Waals surface area contributed by atoms with E-state index in [0.717, 1.165) is 64.0 Å². The number of hydrogen-bond acceptors (Lipinski definition) is 5. The highest BCUT2D eigenvalue weighted by molar-refractivity contribution is 5.31. The van der Waals surface area contributed by atoms with Gasteiger partial charge in [-0.15, -0.1) is 0 Å². The van der Waals surface area contributed by atoms with Gasteiger partial charge in [0.15, 0.2) is 0 Å². The maximum atomic E-state index is 5.92. The third kappa shape index (κ3) is 5.36. The average molecular weight is 335 g/mol. The maximum absolute atomic E-state index is 5.92. The van der Waals surface area contributed by atoms with E-state index in [4.69, 9.17) is 18.9 Å². The Kier molecular flexibility index (Phi) is 6.75. The van der Waals surface area contributed by atoms with Crippen LogP contribution in [0.2, 0.25) is 0 Å². The fourth-order valence-corrected chi connectivity index (χ4v) is 3.29. The van der Waals surface area contributed by atoms with Gasteiger partial charge in [0.25, 0.3) is 0 Å². The minimum Gasteiger partial charge on any atom is -0.497 e. The van der Waals surface area contributed by atoms with Crippen LogP contribution in [-0.4, -0.2) is 64.2 Å². The van der Waals surface area contributed by atoms with Crippen LogP contribution in [0.15, 0.2) is 24.3 Å². The second-order valence-electron chi connectivity index (χ2n) is 6.63. The lowest BCUT2D eigenvalue weighted by atomic mass is 9.97. The van der Waals surface area contributed by atoms with E-state index in [1.807, 2.05) is 24.3 Å². The van der Waals surface area contributed by atoms with Gasteiger partial charge in [0.1, 0.15) is 11.5 Å². The molecule has 0 aromatic heterocycles. The molecular formula is C19H29NO4. The van der Waals surface area contributed by atoms with Crippen LogP contribution in [-0.2, 0) is 9.47 Å². The predicted octanol–water partition coefficient (Wildman–Crippen LogP) is 2.59. The first-order chi connectivity index (χ1) is 11.8. The molecule has 2 fully saturated rings. The Labute approximate surface area is 144 Å². The lowest BCUT2D eigenvalue weighted by Gasteiger charge is -2.33. The average Bonchev–Trinajstić information content (AvgIpc) is 2.67. The highest BCUT2D eigenvalue weighted by Gasteiger charge is 2.21. The molecule has 2 aliphatic heterocycles. The molecule has 2 saturated heterocycles. The van der Waals surface area contributed by atoms with Crippen molar-refractivity contribution in [2.75, 3.05) is 53.2 Å². The minimum atomic E-state index is 0.287. The zero-order valence-corrected chi connectivity index (χ0v) is 14.6. The van der Waals surface area contributed by atoms with Gasteiger partial charge in [0.2, 0.25) is 0 Å². The van der Waals surface area contributed by atoms with Crippen molar-refractivity contribution in [2.45, 2.75) is 25.4 Å². The Morgan fingerprint density at radius 2 is 1.83 bits per heavy atom. The summed E-state index contributed by atoms with van der Waals surface area (Å²) in [4.78, 5) is 2.54. The van der Waals surface area contributed by atoms with Crippen LogP contribution in [0, 0.1) is 5.92 Å². The van der Waals surface area contributed by atoms with Crippen molar-refractivity contribution in [3.05, 3.63) is 24.3 Å². The van der Waals surface area contributed by atoms with Gasteiger partial charge < -0.3 is 23.8 Å². The standard InChI is InChI=1S/C19H29NO4/c1-21-17-2-4-18(5-3-17)24-14-16-6-9-20(10-7-16)11-8-19-15-22-12-13-23-19/h2-5,16,19H,6-15H2,1H3. The summed E-state index contributed by atoms with van der Waals surface area (Å²) in [6.45, 7) is 6.48. The molecule has 24 heavy (non-hydrogen) atoms. The molecule has 0 saturated carbocycles. The van der Waals surface area contributed by atoms with E-state index in [-0.39, 0.29) is 6.10 Å². The molecule has 1 unspecified atom stereocenters. The van der Waals surface area contributed by atoms with Gasteiger partial charge in [-0.1, -0.05) is 0 Å². The van der Waals surface area contributed by atoms with Crippen LogP contribution in [0.25, 0.3) is 0 Å². The van der Waals surface area contributed by atoms with Gasteiger partial charge in [-0.3, -0.25) is 0 Å². The molecular weight excluding hydrogens is 306 g/mol. The van der Waals surface area contributed by atoms with E-state index in [0.29, 0.717) is 5.92 Å². The molecule has 1 atom stereocenters. The van der Waals surface area contributed by atoms with E-state index < -0.39 is 0 Å². The number of methoxy groups -OCH3 is 1. The van der Waals surface area contributed by atoms with Crippen LogP contribution < -0.4 is 9.47 Å². The minimum absolute atomic E-state index is 0.287. The van der Waals surface area contributed by atoms with Gasteiger partial charge in [-0.25, -0.2) is 0 Å². The van der Waals surface area contributed by atoms with E-state index in [1.165, 1.54) is 12.8 Å². The molecule has 1 aromatic rings. The molecule has 134 valence electrons. The number of rotatable bonds is 7. The van der Waals surface area contributed by atoms with Crippen molar-refractivity contribution >= 4 is 0 Å². The first-order valence-electron chi connectivity index (χ1n) is 9.02. The zero-order chi connectivity index (χ0) is 16.6. The normalized spacial score (nSPS) is 23.1. The molecule has 5 nitrogen and oxygen atoms in total. The summed E-state index contributed by atoms with van der Waals surface area (Å²) in [6, 6.07) is 7.82. The maximum Gasteiger partial charge on any atom is 0.119 e. The summed E-state index contributed by atoms with van der Waals surface area (Å²) < 4.78 is 22.3. The first kappa shape index (κ1) is 17.5. The molecule has 5 heteroatoms. The van der Waals surface area contributed by atoms with Crippen LogP contribution in [0.5, 0.6) is 11.5 Å². The summed E-state index contributed by atoms with van der Waals surface area (Å²) in [7, 11) is 1.68. The third-order valence-electron chi connectivity index (χ3n) is 4.90. The largest absolute Gasteiger partial charge is 0.497 e. The van der Waals surface area contributed by atoms with E-state index in [1.54, 1.807) is 7.11 Å². The van der Waals surface area contributed by atoms with Crippen molar-refractivity contribution in [1.82, 2.24) is 4.90 Å². The summed E-state index contributed by atoms with van der Waals surface area (Å²) in [5, 5.41) is 0. The Morgan fingerprint density at radius 3 is 2.50 bits per heavy atom. The van der Waals surface area contributed by atoms with Crippen LogP contribution in [0.1, 0.15) is 19.3 Å². The molecule has 2 heterocycles. The molecule has 0 N–H and O–H groups in total. The lowest BCUT2D eigenvalue weighted by Crippen LogP contribution is -2.38. The third-order valence-corrected chi connectivity index (χ3v) is 4.90. The van der Waals surface area contributed by atoms with E-state index in [9.17, 15) is 0 Å². The summed E-state index contributed by atoms with van der Waals surface area (Å²) in [5.74, 6) is 2.44. The van der Waals surface area contributed by atoms with Crippen molar-refractivity contribution in [3.63, 3.8) is 0 Å². The van der Waals surface area contributed by atoms with Crippen molar-refractivity contribution in [2.24, 2.45) is 5.92 Å². The molecule has 0 spiro atoms. The number of benzene rings is 1. The lowest BCUT2D eigenvalue weighted by molar-refractivity contribution is -0.0931. The van der Waals surface area contributed by atoms with E-state index >= 15 is 0 Å². The van der Waals surface area contributed by atoms with Gasteiger partial charge in [0, 0.05) is 6.54 Å². The van der Waals surface area contributed by atoms with Gasteiger partial charge in [-0.2, -0.15) is 0 Å². The van der Waals surface area contributed by atoms with Crippen LogP contribution in [0.4, 0.5) is 0 Å². The van der Waals surface area contributed by atoms with Crippen molar-refractivity contribution in [3.8, 4) is 11.5 Å². The summed E-state index contributed by atoms with van der Waals surface area (Å²) >= 11 is 0. The molecule has 0 bridgehead atoms. The fraction of sp³-hybridized carbons (Fsp3) is 0.684. The second kappa shape index (κ2) is 9.25. The number of nitrogens with zero attached hydrogens (tertiary/aromatic N) is 1. The Bertz CT molecular complexity index is 465.